The normalized spacial score (nSPS) is 15.0. The summed E-state index contributed by atoms with van der Waals surface area (Å²) in [5, 5.41) is 5.52. The molecule has 1 aliphatic rings. The number of amides is 1. The second-order valence-electron chi connectivity index (χ2n) is 6.40. The maximum absolute atomic E-state index is 12.4. The Balaban J connectivity index is 1.47. The van der Waals surface area contributed by atoms with Crippen molar-refractivity contribution in [2.75, 3.05) is 13.1 Å². The molecule has 2 aromatic rings. The van der Waals surface area contributed by atoms with Gasteiger partial charge in [0.25, 0.3) is 0 Å². The standard InChI is InChI=1S/C18H24N2OS2/c1-3-4-5-17-19-13(2)16(23-17)9-18(21)20-10-15(11-20)8-14-6-7-22-12-14/h6-7,12,15H,3-5,8-11H2,1-2H3. The number of carbonyl (C=O) groups is 1. The highest BCUT2D eigenvalue weighted by Crippen LogP contribution is 2.25. The average Bonchev–Trinajstić information content (AvgIpc) is 3.10. The molecule has 3 nitrogen and oxygen atoms in total. The molecule has 23 heavy (non-hydrogen) atoms. The summed E-state index contributed by atoms with van der Waals surface area (Å²) in [7, 11) is 0. The first-order valence-electron chi connectivity index (χ1n) is 8.39. The van der Waals surface area contributed by atoms with Gasteiger partial charge in [-0.25, -0.2) is 4.98 Å². The van der Waals surface area contributed by atoms with Crippen LogP contribution in [-0.4, -0.2) is 28.9 Å². The molecule has 3 heterocycles. The van der Waals surface area contributed by atoms with Gasteiger partial charge in [0, 0.05) is 18.0 Å². The molecule has 0 aliphatic carbocycles. The van der Waals surface area contributed by atoms with Crippen LogP contribution in [0.25, 0.3) is 0 Å². The lowest BCUT2D eigenvalue weighted by molar-refractivity contribution is -0.136. The van der Waals surface area contributed by atoms with Crippen molar-refractivity contribution in [1.29, 1.82) is 0 Å². The summed E-state index contributed by atoms with van der Waals surface area (Å²) in [6.07, 6.45) is 5.04. The maximum Gasteiger partial charge on any atom is 0.227 e. The van der Waals surface area contributed by atoms with Crippen molar-refractivity contribution in [2.24, 2.45) is 5.92 Å². The molecule has 0 atom stereocenters. The van der Waals surface area contributed by atoms with E-state index in [2.05, 4.69) is 28.7 Å². The molecule has 0 aromatic carbocycles. The van der Waals surface area contributed by atoms with Crippen molar-refractivity contribution in [1.82, 2.24) is 9.88 Å². The molecule has 0 unspecified atom stereocenters. The number of hydrogen-bond donors (Lipinski definition) is 0. The summed E-state index contributed by atoms with van der Waals surface area (Å²) in [4.78, 5) is 20.2. The third-order valence-corrected chi connectivity index (χ3v) is 6.36. The zero-order chi connectivity index (χ0) is 16.2. The summed E-state index contributed by atoms with van der Waals surface area (Å²) >= 11 is 3.48. The number of nitrogens with zero attached hydrogens (tertiary/aromatic N) is 2. The summed E-state index contributed by atoms with van der Waals surface area (Å²) < 4.78 is 0. The lowest BCUT2D eigenvalue weighted by atomic mass is 9.93. The smallest absolute Gasteiger partial charge is 0.227 e. The Kier molecular flexibility index (Phi) is 5.49. The predicted molar refractivity (Wildman–Crippen MR) is 97.3 cm³/mol. The molecular weight excluding hydrogens is 324 g/mol. The first-order valence-corrected chi connectivity index (χ1v) is 10.2. The Hall–Kier alpha value is -1.20. The first-order chi connectivity index (χ1) is 11.2. The molecule has 0 N–H and O–H groups in total. The van der Waals surface area contributed by atoms with Crippen LogP contribution in [0.1, 0.15) is 40.9 Å². The van der Waals surface area contributed by atoms with Crippen LogP contribution in [0.3, 0.4) is 0 Å². The monoisotopic (exact) mass is 348 g/mol. The third-order valence-electron chi connectivity index (χ3n) is 4.41. The van der Waals surface area contributed by atoms with E-state index in [-0.39, 0.29) is 5.91 Å². The molecule has 0 radical (unpaired) electrons. The van der Waals surface area contributed by atoms with Crippen LogP contribution in [0, 0.1) is 12.8 Å². The number of aryl methyl sites for hydroxylation is 2. The molecule has 1 amide bonds. The van der Waals surface area contributed by atoms with Crippen LogP contribution in [0.4, 0.5) is 0 Å². The van der Waals surface area contributed by atoms with Crippen LogP contribution < -0.4 is 0 Å². The van der Waals surface area contributed by atoms with E-state index in [0.717, 1.165) is 36.5 Å². The number of likely N-dealkylation sites (tertiary alicyclic amines) is 1. The van der Waals surface area contributed by atoms with Crippen molar-refractivity contribution in [3.8, 4) is 0 Å². The number of thiophene rings is 1. The molecule has 0 bridgehead atoms. The number of hydrogen-bond acceptors (Lipinski definition) is 4. The van der Waals surface area contributed by atoms with Crippen molar-refractivity contribution < 1.29 is 4.79 Å². The van der Waals surface area contributed by atoms with Crippen LogP contribution >= 0.6 is 22.7 Å². The average molecular weight is 349 g/mol. The van der Waals surface area contributed by atoms with E-state index in [4.69, 9.17) is 0 Å². The molecule has 1 aliphatic heterocycles. The SMILES string of the molecule is CCCCc1nc(C)c(CC(=O)N2CC(Cc3ccsc3)C2)s1. The second kappa shape index (κ2) is 7.58. The minimum absolute atomic E-state index is 0.264. The Bertz CT molecular complexity index is 642. The number of rotatable bonds is 7. The van der Waals surface area contributed by atoms with E-state index in [1.54, 1.807) is 22.7 Å². The fraction of sp³-hybridized carbons (Fsp3) is 0.556. The lowest BCUT2D eigenvalue weighted by Crippen LogP contribution is -2.51. The van der Waals surface area contributed by atoms with Gasteiger partial charge in [0.15, 0.2) is 0 Å². The summed E-state index contributed by atoms with van der Waals surface area (Å²) in [6, 6.07) is 2.19. The Morgan fingerprint density at radius 3 is 2.96 bits per heavy atom. The van der Waals surface area contributed by atoms with E-state index in [1.807, 2.05) is 11.8 Å². The number of unbranched alkanes of at least 4 members (excludes halogenated alkanes) is 1. The molecule has 1 saturated heterocycles. The van der Waals surface area contributed by atoms with Gasteiger partial charge in [-0.3, -0.25) is 4.79 Å². The maximum atomic E-state index is 12.4. The zero-order valence-corrected chi connectivity index (χ0v) is 15.5. The van der Waals surface area contributed by atoms with Crippen molar-refractivity contribution in [2.45, 2.75) is 46.0 Å². The van der Waals surface area contributed by atoms with Crippen molar-refractivity contribution >= 4 is 28.6 Å². The Labute approximate surface area is 146 Å². The number of aromatic nitrogens is 1. The molecule has 0 spiro atoms. The molecule has 124 valence electrons. The fourth-order valence-electron chi connectivity index (χ4n) is 2.98. The van der Waals surface area contributed by atoms with Gasteiger partial charge in [-0.1, -0.05) is 13.3 Å². The van der Waals surface area contributed by atoms with Gasteiger partial charge in [0.05, 0.1) is 17.1 Å². The molecule has 3 rings (SSSR count). The first kappa shape index (κ1) is 16.7. The largest absolute Gasteiger partial charge is 0.342 e. The van der Waals surface area contributed by atoms with E-state index in [0.29, 0.717) is 12.3 Å². The molecule has 1 fully saturated rings. The van der Waals surface area contributed by atoms with Crippen LogP contribution in [0.2, 0.25) is 0 Å². The number of carbonyl (C=O) groups excluding carboxylic acids is 1. The highest BCUT2D eigenvalue weighted by atomic mass is 32.1. The highest BCUT2D eigenvalue weighted by Gasteiger charge is 2.31. The summed E-state index contributed by atoms with van der Waals surface area (Å²) in [6.45, 7) is 6.05. The van der Waals surface area contributed by atoms with Gasteiger partial charge in [-0.2, -0.15) is 11.3 Å². The molecule has 5 heteroatoms. The highest BCUT2D eigenvalue weighted by molar-refractivity contribution is 7.11. The lowest BCUT2D eigenvalue weighted by Gasteiger charge is -2.39. The van der Waals surface area contributed by atoms with Gasteiger partial charge in [0.1, 0.15) is 0 Å². The van der Waals surface area contributed by atoms with E-state index in [9.17, 15) is 4.79 Å². The van der Waals surface area contributed by atoms with Gasteiger partial charge in [-0.15, -0.1) is 11.3 Å². The van der Waals surface area contributed by atoms with Crippen LogP contribution in [0.5, 0.6) is 0 Å². The minimum Gasteiger partial charge on any atom is -0.342 e. The van der Waals surface area contributed by atoms with Gasteiger partial charge in [-0.05, 0) is 54.5 Å². The van der Waals surface area contributed by atoms with Gasteiger partial charge < -0.3 is 4.90 Å². The summed E-state index contributed by atoms with van der Waals surface area (Å²) in [5.41, 5.74) is 2.45. The summed E-state index contributed by atoms with van der Waals surface area (Å²) in [5.74, 6) is 0.900. The zero-order valence-electron chi connectivity index (χ0n) is 13.9. The minimum atomic E-state index is 0.264. The van der Waals surface area contributed by atoms with Crippen molar-refractivity contribution in [3.63, 3.8) is 0 Å². The van der Waals surface area contributed by atoms with Crippen LogP contribution in [0.15, 0.2) is 16.8 Å². The van der Waals surface area contributed by atoms with Gasteiger partial charge in [0.2, 0.25) is 5.91 Å². The van der Waals surface area contributed by atoms with E-state index in [1.165, 1.54) is 23.4 Å². The van der Waals surface area contributed by atoms with Crippen molar-refractivity contribution in [3.05, 3.63) is 38.0 Å². The topological polar surface area (TPSA) is 33.2 Å². The molecule has 2 aromatic heterocycles. The quantitative estimate of drug-likeness (QED) is 0.755. The second-order valence-corrected chi connectivity index (χ2v) is 8.35. The van der Waals surface area contributed by atoms with E-state index >= 15 is 0 Å². The molecular formula is C18H24N2OS2. The predicted octanol–water partition coefficient (Wildman–Crippen LogP) is 4.10. The van der Waals surface area contributed by atoms with Crippen LogP contribution in [-0.2, 0) is 24.1 Å². The number of thiazole rings is 1. The Morgan fingerprint density at radius 2 is 2.26 bits per heavy atom. The molecule has 0 saturated carbocycles. The third kappa shape index (κ3) is 4.21. The fourth-order valence-corrected chi connectivity index (χ4v) is 4.77. The van der Waals surface area contributed by atoms with E-state index < -0.39 is 0 Å². The Morgan fingerprint density at radius 1 is 1.43 bits per heavy atom. The van der Waals surface area contributed by atoms with Gasteiger partial charge >= 0.3 is 0 Å².